The second-order valence-corrected chi connectivity index (χ2v) is 18.5. The molecule has 6 aromatic rings. The maximum absolute atomic E-state index is 13.1. The van der Waals surface area contributed by atoms with Crippen molar-refractivity contribution in [2.75, 3.05) is 39.3 Å². The van der Waals surface area contributed by atoms with E-state index in [1.807, 2.05) is 62.4 Å². The highest BCUT2D eigenvalue weighted by molar-refractivity contribution is 9.10. The fourth-order valence-electron chi connectivity index (χ4n) is 6.78. The first-order valence-electron chi connectivity index (χ1n) is 18.9. The molecule has 2 aliphatic heterocycles. The minimum absolute atomic E-state index is 0.0619. The molecule has 2 fully saturated rings. The van der Waals surface area contributed by atoms with E-state index >= 15 is 0 Å². The van der Waals surface area contributed by atoms with Gasteiger partial charge < -0.3 is 9.80 Å². The van der Waals surface area contributed by atoms with Gasteiger partial charge in [-0.2, -0.15) is 18.8 Å². The lowest BCUT2D eigenvalue weighted by Crippen LogP contribution is -2.55. The van der Waals surface area contributed by atoms with Crippen LogP contribution in [-0.2, 0) is 20.0 Å². The van der Waals surface area contributed by atoms with Crippen LogP contribution in [0.2, 0.25) is 0 Å². The SMILES string of the molecule is CC1CN(C(=O)c2ccccc2)CCN1S(=O)(=O)c1ccc(-n2cccn2)cc1.CC1CN(C(=O)c2ccccc2)CCN1S(=O)(=O)c1ccc(Br)cc1.c1cn[nH]c1. The minimum atomic E-state index is -3.64. The third-order valence-electron chi connectivity index (χ3n) is 9.79. The Hall–Kier alpha value is -5.46. The second-order valence-electron chi connectivity index (χ2n) is 13.8. The van der Waals surface area contributed by atoms with Crippen LogP contribution in [0.25, 0.3) is 5.69 Å². The number of aromatic nitrogens is 4. The van der Waals surface area contributed by atoms with Crippen LogP contribution in [-0.4, -0.2) is 118 Å². The van der Waals surface area contributed by atoms with E-state index in [-0.39, 0.29) is 46.8 Å². The zero-order valence-electron chi connectivity index (χ0n) is 32.5. The van der Waals surface area contributed by atoms with Crippen molar-refractivity contribution in [2.24, 2.45) is 0 Å². The Bertz CT molecular complexity index is 2460. The Morgan fingerprint density at radius 2 is 1.08 bits per heavy atom. The number of nitrogens with zero attached hydrogens (tertiary/aromatic N) is 7. The Kier molecular flexibility index (Phi) is 14.3. The molecule has 2 atom stereocenters. The van der Waals surface area contributed by atoms with Gasteiger partial charge in [-0.25, -0.2) is 21.5 Å². The van der Waals surface area contributed by atoms with Gasteiger partial charge in [-0.15, -0.1) is 0 Å². The Morgan fingerprint density at radius 3 is 1.46 bits per heavy atom. The van der Waals surface area contributed by atoms with E-state index < -0.39 is 20.0 Å². The van der Waals surface area contributed by atoms with Crippen LogP contribution in [0, 0.1) is 0 Å². The predicted octanol–water partition coefficient (Wildman–Crippen LogP) is 5.80. The maximum Gasteiger partial charge on any atom is 0.253 e. The van der Waals surface area contributed by atoms with E-state index in [9.17, 15) is 26.4 Å². The number of benzene rings is 4. The Labute approximate surface area is 353 Å². The molecular weight excluding hydrogens is 857 g/mol. The van der Waals surface area contributed by atoms with Gasteiger partial charge in [-0.1, -0.05) is 52.3 Å². The van der Waals surface area contributed by atoms with Crippen molar-refractivity contribution in [3.63, 3.8) is 0 Å². The van der Waals surface area contributed by atoms with Crippen LogP contribution >= 0.6 is 15.9 Å². The zero-order chi connectivity index (χ0) is 42.0. The Balaban J connectivity index is 0.000000179. The number of nitrogens with one attached hydrogen (secondary N) is 1. The molecule has 4 heterocycles. The molecule has 0 aliphatic carbocycles. The molecule has 2 aromatic heterocycles. The summed E-state index contributed by atoms with van der Waals surface area (Å²) in [7, 11) is -7.21. The number of aromatic amines is 1. The van der Waals surface area contributed by atoms with E-state index in [0.717, 1.165) is 10.2 Å². The first kappa shape index (κ1) is 43.1. The van der Waals surface area contributed by atoms with Crippen LogP contribution in [0.5, 0.6) is 0 Å². The van der Waals surface area contributed by atoms with E-state index in [0.29, 0.717) is 37.3 Å². The smallest absolute Gasteiger partial charge is 0.253 e. The van der Waals surface area contributed by atoms with Crippen LogP contribution < -0.4 is 0 Å². The molecule has 2 amide bonds. The first-order chi connectivity index (χ1) is 28.4. The Morgan fingerprint density at radius 1 is 0.610 bits per heavy atom. The second kappa shape index (κ2) is 19.5. The van der Waals surface area contributed by atoms with Crippen molar-refractivity contribution in [2.45, 2.75) is 35.7 Å². The number of sulfonamides is 2. The van der Waals surface area contributed by atoms with Crippen molar-refractivity contribution in [3.05, 3.63) is 162 Å². The predicted molar refractivity (Wildman–Crippen MR) is 228 cm³/mol. The monoisotopic (exact) mass is 900 g/mol. The molecule has 0 spiro atoms. The highest BCUT2D eigenvalue weighted by Gasteiger charge is 2.36. The normalized spacial score (nSPS) is 17.5. The van der Waals surface area contributed by atoms with E-state index in [4.69, 9.17) is 0 Å². The molecule has 4 aromatic carbocycles. The van der Waals surface area contributed by atoms with Crippen molar-refractivity contribution < 1.29 is 26.4 Å². The quantitative estimate of drug-likeness (QED) is 0.210. The highest BCUT2D eigenvalue weighted by atomic mass is 79.9. The standard InChI is InChI=1S/C21H22N4O3S.C18H19BrN2O3S.C3H4N2/c1-17-16-23(21(26)18-6-3-2-4-7-18)14-15-25(17)29(27,28)20-10-8-19(9-11-20)24-13-5-12-22-24;1-14-13-20(18(22)15-5-3-2-4-6-15)11-12-21(14)25(23,24)17-9-7-16(19)8-10-17;1-2-4-5-3-1/h2-13,17H,14-16H2,1H3;2-10,14H,11-13H2,1H3;1-3H,(H,4,5). The molecule has 17 heteroatoms. The van der Waals surface area contributed by atoms with Crippen LogP contribution in [0.3, 0.4) is 0 Å². The third-order valence-corrected chi connectivity index (χ3v) is 14.4. The summed E-state index contributed by atoms with van der Waals surface area (Å²) in [4.78, 5) is 29.2. The molecule has 8 rings (SSSR count). The summed E-state index contributed by atoms with van der Waals surface area (Å²) in [5, 5.41) is 10.4. The summed E-state index contributed by atoms with van der Waals surface area (Å²) >= 11 is 3.31. The minimum Gasteiger partial charge on any atom is -0.336 e. The van der Waals surface area contributed by atoms with Crippen molar-refractivity contribution in [1.82, 2.24) is 38.4 Å². The van der Waals surface area contributed by atoms with Crippen molar-refractivity contribution >= 4 is 47.8 Å². The van der Waals surface area contributed by atoms with Gasteiger partial charge in [0.2, 0.25) is 20.0 Å². The van der Waals surface area contributed by atoms with E-state index in [2.05, 4.69) is 31.2 Å². The fraction of sp³-hybridized carbons (Fsp3) is 0.238. The van der Waals surface area contributed by atoms with Crippen LogP contribution in [0.1, 0.15) is 34.6 Å². The summed E-state index contributed by atoms with van der Waals surface area (Å²) in [5.41, 5.74) is 2.03. The van der Waals surface area contributed by atoms with Crippen LogP contribution in [0.4, 0.5) is 0 Å². The number of H-pyrrole nitrogens is 1. The number of piperazine rings is 2. The molecule has 2 aliphatic rings. The van der Waals surface area contributed by atoms with Gasteiger partial charge in [0.25, 0.3) is 11.8 Å². The lowest BCUT2D eigenvalue weighted by Gasteiger charge is -2.39. The molecule has 2 unspecified atom stereocenters. The summed E-state index contributed by atoms with van der Waals surface area (Å²) in [5.74, 6) is -0.133. The summed E-state index contributed by atoms with van der Waals surface area (Å²) < 4.78 is 57.5. The topological polar surface area (TPSA) is 162 Å². The fourth-order valence-corrected chi connectivity index (χ4v) is 10.3. The van der Waals surface area contributed by atoms with Gasteiger partial charge >= 0.3 is 0 Å². The molecule has 2 saturated heterocycles. The average Bonchev–Trinajstić information content (AvgIpc) is 4.03. The largest absolute Gasteiger partial charge is 0.336 e. The number of rotatable bonds is 7. The van der Waals surface area contributed by atoms with Gasteiger partial charge in [-0.05, 0) is 98.8 Å². The molecular formula is C42H45BrN8O6S2. The average molecular weight is 902 g/mol. The van der Waals surface area contributed by atoms with E-state index in [1.54, 1.807) is 112 Å². The summed E-state index contributed by atoms with van der Waals surface area (Å²) in [6.45, 7) is 5.71. The third kappa shape index (κ3) is 10.6. The number of hydrogen-bond acceptors (Lipinski definition) is 8. The van der Waals surface area contributed by atoms with Gasteiger partial charge in [0.1, 0.15) is 0 Å². The van der Waals surface area contributed by atoms with Gasteiger partial charge in [0.05, 0.1) is 15.5 Å². The molecule has 59 heavy (non-hydrogen) atoms. The highest BCUT2D eigenvalue weighted by Crippen LogP contribution is 2.25. The molecule has 0 saturated carbocycles. The molecule has 0 radical (unpaired) electrons. The number of carbonyl (C=O) groups excluding carboxylic acids is 2. The lowest BCUT2D eigenvalue weighted by molar-refractivity contribution is 0.0637. The maximum atomic E-state index is 13.1. The zero-order valence-corrected chi connectivity index (χ0v) is 35.7. The molecule has 0 bridgehead atoms. The molecule has 14 nitrogen and oxygen atoms in total. The summed E-state index contributed by atoms with van der Waals surface area (Å²) in [6, 6.07) is 34.4. The van der Waals surface area contributed by atoms with Gasteiger partial charge in [-0.3, -0.25) is 14.7 Å². The first-order valence-corrected chi connectivity index (χ1v) is 22.6. The van der Waals surface area contributed by atoms with Crippen molar-refractivity contribution in [3.8, 4) is 5.69 Å². The number of carbonyl (C=O) groups is 2. The van der Waals surface area contributed by atoms with E-state index in [1.165, 1.54) is 8.61 Å². The number of amides is 2. The molecule has 308 valence electrons. The lowest BCUT2D eigenvalue weighted by atomic mass is 10.1. The van der Waals surface area contributed by atoms with Gasteiger partial charge in [0.15, 0.2) is 0 Å². The summed E-state index contributed by atoms with van der Waals surface area (Å²) in [6.07, 6.45) is 6.93. The van der Waals surface area contributed by atoms with Gasteiger partial charge in [0, 0.05) is 91.7 Å². The van der Waals surface area contributed by atoms with Crippen molar-refractivity contribution in [1.29, 1.82) is 0 Å². The number of halogens is 1. The molecule has 1 N–H and O–H groups in total. The number of hydrogen-bond donors (Lipinski definition) is 1. The van der Waals surface area contributed by atoms with Crippen LogP contribution in [0.15, 0.2) is 160 Å².